The summed E-state index contributed by atoms with van der Waals surface area (Å²) in [4.78, 5) is 19.6. The molecule has 0 saturated carbocycles. The molecule has 128 valence electrons. The third-order valence-electron chi connectivity index (χ3n) is 4.23. The lowest BCUT2D eigenvalue weighted by Gasteiger charge is -2.14. The van der Waals surface area contributed by atoms with Gasteiger partial charge in [0.05, 0.1) is 0 Å². The molecule has 0 unspecified atom stereocenters. The van der Waals surface area contributed by atoms with E-state index in [9.17, 15) is 0 Å². The Bertz CT molecular complexity index is 794. The summed E-state index contributed by atoms with van der Waals surface area (Å²) in [7, 11) is 0. The molecule has 1 aliphatic rings. The van der Waals surface area contributed by atoms with Crippen LogP contribution in [0.4, 0.5) is 5.95 Å². The van der Waals surface area contributed by atoms with Crippen LogP contribution < -0.4 is 10.2 Å². The van der Waals surface area contributed by atoms with E-state index in [1.54, 1.807) is 17.2 Å². The maximum Gasteiger partial charge on any atom is 0.225 e. The fourth-order valence-corrected chi connectivity index (χ4v) is 2.95. The molecule has 8 nitrogen and oxygen atoms in total. The van der Waals surface area contributed by atoms with Crippen molar-refractivity contribution in [2.75, 3.05) is 18.0 Å². The molecule has 0 aromatic carbocycles. The molecule has 1 saturated heterocycles. The highest BCUT2D eigenvalue weighted by Crippen LogP contribution is 2.15. The van der Waals surface area contributed by atoms with Gasteiger partial charge < -0.3 is 10.2 Å². The summed E-state index contributed by atoms with van der Waals surface area (Å²) in [6.07, 6.45) is 11.2. The SMILES string of the molecule is c1cnc(-n2cncn2)c(CNCc2cnc(N3CCCC3)nc2)c1. The maximum atomic E-state index is 4.48. The van der Waals surface area contributed by atoms with Crippen LogP contribution in [0.15, 0.2) is 43.4 Å². The summed E-state index contributed by atoms with van der Waals surface area (Å²) >= 11 is 0. The van der Waals surface area contributed by atoms with Gasteiger partial charge in [-0.05, 0) is 18.9 Å². The van der Waals surface area contributed by atoms with Crippen LogP contribution in [0.1, 0.15) is 24.0 Å². The van der Waals surface area contributed by atoms with E-state index >= 15 is 0 Å². The van der Waals surface area contributed by atoms with Gasteiger partial charge in [-0.25, -0.2) is 24.6 Å². The van der Waals surface area contributed by atoms with Gasteiger partial charge in [0.15, 0.2) is 5.82 Å². The summed E-state index contributed by atoms with van der Waals surface area (Å²) < 4.78 is 1.67. The highest BCUT2D eigenvalue weighted by Gasteiger charge is 2.14. The number of hydrogen-bond acceptors (Lipinski definition) is 7. The van der Waals surface area contributed by atoms with Crippen LogP contribution in [0.3, 0.4) is 0 Å². The molecular formula is C17H20N8. The minimum atomic E-state index is 0.677. The van der Waals surface area contributed by atoms with Gasteiger partial charge in [0.2, 0.25) is 5.95 Å². The van der Waals surface area contributed by atoms with E-state index in [2.05, 4.69) is 35.3 Å². The predicted octanol–water partition coefficient (Wildman–Crippen LogP) is 1.34. The number of aromatic nitrogens is 6. The average Bonchev–Trinajstić information content (AvgIpc) is 3.37. The quantitative estimate of drug-likeness (QED) is 0.727. The van der Waals surface area contributed by atoms with Gasteiger partial charge >= 0.3 is 0 Å². The van der Waals surface area contributed by atoms with Gasteiger partial charge in [-0.1, -0.05) is 6.07 Å². The third kappa shape index (κ3) is 3.63. The van der Waals surface area contributed by atoms with Gasteiger partial charge in [0.1, 0.15) is 12.7 Å². The van der Waals surface area contributed by atoms with Gasteiger partial charge in [-0.15, -0.1) is 0 Å². The molecule has 0 radical (unpaired) electrons. The number of hydrogen-bond donors (Lipinski definition) is 1. The van der Waals surface area contributed by atoms with Gasteiger partial charge in [-0.2, -0.15) is 5.10 Å². The first-order chi connectivity index (χ1) is 12.4. The molecule has 0 amide bonds. The summed E-state index contributed by atoms with van der Waals surface area (Å²) in [6.45, 7) is 3.50. The lowest BCUT2D eigenvalue weighted by atomic mass is 10.2. The molecule has 0 aliphatic carbocycles. The Balaban J connectivity index is 1.37. The molecule has 1 N–H and O–H groups in total. The van der Waals surface area contributed by atoms with Crippen molar-refractivity contribution in [2.24, 2.45) is 0 Å². The van der Waals surface area contributed by atoms with Crippen LogP contribution in [0.25, 0.3) is 5.82 Å². The zero-order valence-electron chi connectivity index (χ0n) is 13.9. The highest BCUT2D eigenvalue weighted by atomic mass is 15.3. The van der Waals surface area contributed by atoms with Crippen LogP contribution in [0, 0.1) is 0 Å². The molecule has 1 aliphatic heterocycles. The smallest absolute Gasteiger partial charge is 0.225 e. The van der Waals surface area contributed by atoms with Gasteiger partial charge in [-0.3, -0.25) is 0 Å². The fraction of sp³-hybridized carbons (Fsp3) is 0.353. The Morgan fingerprint density at radius 2 is 1.88 bits per heavy atom. The zero-order valence-corrected chi connectivity index (χ0v) is 13.9. The minimum Gasteiger partial charge on any atom is -0.341 e. The van der Waals surface area contributed by atoms with Crippen molar-refractivity contribution in [3.05, 3.63) is 54.5 Å². The van der Waals surface area contributed by atoms with Crippen molar-refractivity contribution < 1.29 is 0 Å². The molecular weight excluding hydrogens is 316 g/mol. The van der Waals surface area contributed by atoms with Crippen molar-refractivity contribution in [2.45, 2.75) is 25.9 Å². The van der Waals surface area contributed by atoms with E-state index in [1.807, 2.05) is 24.5 Å². The Labute approximate surface area is 146 Å². The van der Waals surface area contributed by atoms with Crippen LogP contribution in [0.2, 0.25) is 0 Å². The number of nitrogens with one attached hydrogen (secondary N) is 1. The van der Waals surface area contributed by atoms with Crippen molar-refractivity contribution in [1.82, 2.24) is 35.0 Å². The van der Waals surface area contributed by atoms with E-state index in [1.165, 1.54) is 19.2 Å². The van der Waals surface area contributed by atoms with E-state index in [4.69, 9.17) is 0 Å². The summed E-state index contributed by atoms with van der Waals surface area (Å²) in [6, 6.07) is 3.95. The molecule has 8 heteroatoms. The Morgan fingerprint density at radius 3 is 2.64 bits per heavy atom. The normalized spacial score (nSPS) is 14.2. The molecule has 3 aromatic heterocycles. The van der Waals surface area contributed by atoms with Gasteiger partial charge in [0, 0.05) is 55.9 Å². The van der Waals surface area contributed by atoms with Crippen LogP contribution in [-0.4, -0.2) is 42.8 Å². The molecule has 1 fully saturated rings. The first-order valence-corrected chi connectivity index (χ1v) is 8.45. The zero-order chi connectivity index (χ0) is 16.9. The topological polar surface area (TPSA) is 84.7 Å². The number of rotatable bonds is 6. The summed E-state index contributed by atoms with van der Waals surface area (Å²) in [5.41, 5.74) is 2.12. The van der Waals surface area contributed by atoms with E-state index in [0.717, 1.165) is 36.0 Å². The minimum absolute atomic E-state index is 0.677. The fourth-order valence-electron chi connectivity index (χ4n) is 2.95. The molecule has 0 bridgehead atoms. The van der Waals surface area contributed by atoms with Crippen LogP contribution >= 0.6 is 0 Å². The second kappa shape index (κ2) is 7.35. The van der Waals surface area contributed by atoms with Crippen molar-refractivity contribution in [1.29, 1.82) is 0 Å². The Kier molecular flexibility index (Phi) is 4.60. The predicted molar refractivity (Wildman–Crippen MR) is 93.2 cm³/mol. The van der Waals surface area contributed by atoms with Gasteiger partial charge in [0.25, 0.3) is 0 Å². The van der Waals surface area contributed by atoms with Crippen LogP contribution in [0.5, 0.6) is 0 Å². The molecule has 25 heavy (non-hydrogen) atoms. The van der Waals surface area contributed by atoms with E-state index in [-0.39, 0.29) is 0 Å². The standard InChI is InChI=1S/C17H20N8/c1-2-7-24(6-1)17-21-9-14(10-22-17)8-18-11-15-4-3-5-20-16(15)25-13-19-12-23-25/h3-5,9-10,12-13,18H,1-2,6-8,11H2. The van der Waals surface area contributed by atoms with Crippen molar-refractivity contribution in [3.63, 3.8) is 0 Å². The lowest BCUT2D eigenvalue weighted by Crippen LogP contribution is -2.21. The highest BCUT2D eigenvalue weighted by molar-refractivity contribution is 5.32. The molecule has 3 aromatic rings. The Hall–Kier alpha value is -2.87. The largest absolute Gasteiger partial charge is 0.341 e. The van der Waals surface area contributed by atoms with E-state index in [0.29, 0.717) is 13.1 Å². The van der Waals surface area contributed by atoms with Crippen molar-refractivity contribution >= 4 is 5.95 Å². The monoisotopic (exact) mass is 336 g/mol. The first-order valence-electron chi connectivity index (χ1n) is 8.45. The summed E-state index contributed by atoms with van der Waals surface area (Å²) in [5, 5.41) is 7.57. The molecule has 4 rings (SSSR count). The average molecular weight is 336 g/mol. The number of pyridine rings is 1. The molecule has 4 heterocycles. The van der Waals surface area contributed by atoms with Crippen LogP contribution in [-0.2, 0) is 13.1 Å². The molecule has 0 atom stereocenters. The maximum absolute atomic E-state index is 4.48. The van der Waals surface area contributed by atoms with Crippen molar-refractivity contribution in [3.8, 4) is 5.82 Å². The number of anilines is 1. The summed E-state index contributed by atoms with van der Waals surface area (Å²) in [5.74, 6) is 1.62. The second-order valence-electron chi connectivity index (χ2n) is 6.02. The number of nitrogens with zero attached hydrogens (tertiary/aromatic N) is 7. The first kappa shape index (κ1) is 15.6. The van der Waals surface area contributed by atoms with E-state index < -0.39 is 0 Å². The second-order valence-corrected chi connectivity index (χ2v) is 6.02. The Morgan fingerprint density at radius 1 is 1.04 bits per heavy atom. The third-order valence-corrected chi connectivity index (χ3v) is 4.23. The lowest BCUT2D eigenvalue weighted by molar-refractivity contribution is 0.677. The molecule has 0 spiro atoms.